The van der Waals surface area contributed by atoms with E-state index in [2.05, 4.69) is 10.3 Å². The molecule has 5 nitrogen and oxygen atoms in total. The number of amides is 1. The van der Waals surface area contributed by atoms with Crippen molar-refractivity contribution in [3.05, 3.63) is 30.1 Å². The maximum Gasteiger partial charge on any atom is 0.234 e. The van der Waals surface area contributed by atoms with Crippen LogP contribution in [0.5, 0.6) is 0 Å². The summed E-state index contributed by atoms with van der Waals surface area (Å²) in [7, 11) is 1.95. The first kappa shape index (κ1) is 15.9. The molecular weight excluding hydrogens is 266 g/mol. The zero-order valence-electron chi connectivity index (χ0n) is 12.8. The van der Waals surface area contributed by atoms with Gasteiger partial charge in [0, 0.05) is 38.7 Å². The molecule has 21 heavy (non-hydrogen) atoms. The monoisotopic (exact) mass is 291 g/mol. The first-order valence-electron chi connectivity index (χ1n) is 7.66. The number of nitrogens with one attached hydrogen (secondary N) is 1. The van der Waals surface area contributed by atoms with Crippen LogP contribution in [0.4, 0.5) is 0 Å². The zero-order valence-corrected chi connectivity index (χ0v) is 12.8. The number of likely N-dealkylation sites (N-methyl/N-ethyl adjacent to an activating group) is 1. The van der Waals surface area contributed by atoms with Crippen LogP contribution in [-0.2, 0) is 16.1 Å². The number of carbonyl (C=O) groups excluding carboxylic acids is 1. The molecule has 1 saturated heterocycles. The van der Waals surface area contributed by atoms with Gasteiger partial charge in [0.2, 0.25) is 5.91 Å². The fraction of sp³-hybridized carbons (Fsp3) is 0.625. The van der Waals surface area contributed by atoms with Crippen molar-refractivity contribution in [3.63, 3.8) is 0 Å². The van der Waals surface area contributed by atoms with E-state index >= 15 is 0 Å². The number of carbonyl (C=O) groups is 1. The number of aromatic nitrogens is 1. The molecule has 0 aromatic carbocycles. The highest BCUT2D eigenvalue weighted by atomic mass is 16.5. The van der Waals surface area contributed by atoms with Gasteiger partial charge in [-0.3, -0.25) is 14.7 Å². The van der Waals surface area contributed by atoms with Gasteiger partial charge in [-0.25, -0.2) is 0 Å². The lowest BCUT2D eigenvalue weighted by atomic mass is 10.0. The van der Waals surface area contributed by atoms with Crippen LogP contribution >= 0.6 is 0 Å². The Labute approximate surface area is 126 Å². The molecule has 0 bridgehead atoms. The summed E-state index contributed by atoms with van der Waals surface area (Å²) in [6, 6.07) is 3.94. The predicted octanol–water partition coefficient (Wildman–Crippen LogP) is 1.45. The average molecular weight is 291 g/mol. The minimum atomic E-state index is 0.0919. The van der Waals surface area contributed by atoms with E-state index in [4.69, 9.17) is 4.74 Å². The molecule has 2 heterocycles. The molecule has 5 heteroatoms. The highest BCUT2D eigenvalue weighted by molar-refractivity contribution is 5.77. The molecule has 116 valence electrons. The van der Waals surface area contributed by atoms with E-state index in [-0.39, 0.29) is 5.91 Å². The molecule has 1 amide bonds. The predicted molar refractivity (Wildman–Crippen MR) is 81.7 cm³/mol. The van der Waals surface area contributed by atoms with E-state index in [0.717, 1.165) is 39.1 Å². The maximum absolute atomic E-state index is 11.8. The van der Waals surface area contributed by atoms with Gasteiger partial charge in [-0.2, -0.15) is 0 Å². The van der Waals surface area contributed by atoms with Crippen LogP contribution < -0.4 is 5.32 Å². The molecule has 1 atom stereocenters. The molecule has 0 unspecified atom stereocenters. The molecule has 1 aromatic heterocycles. The van der Waals surface area contributed by atoms with Crippen molar-refractivity contribution in [2.75, 3.05) is 33.4 Å². The van der Waals surface area contributed by atoms with Gasteiger partial charge in [0.1, 0.15) is 0 Å². The summed E-state index contributed by atoms with van der Waals surface area (Å²) in [5.74, 6) is 0.783. The van der Waals surface area contributed by atoms with Crippen LogP contribution in [0.2, 0.25) is 0 Å². The Bertz CT molecular complexity index is 419. The molecule has 1 N–H and O–H groups in total. The van der Waals surface area contributed by atoms with Gasteiger partial charge in [-0.1, -0.05) is 0 Å². The Kier molecular flexibility index (Phi) is 6.63. The quantitative estimate of drug-likeness (QED) is 0.737. The van der Waals surface area contributed by atoms with Crippen molar-refractivity contribution in [2.45, 2.75) is 25.8 Å². The van der Waals surface area contributed by atoms with Crippen molar-refractivity contribution >= 4 is 5.91 Å². The molecule has 1 aliphatic rings. The van der Waals surface area contributed by atoms with E-state index < -0.39 is 0 Å². The van der Waals surface area contributed by atoms with E-state index in [9.17, 15) is 4.79 Å². The highest BCUT2D eigenvalue weighted by Gasteiger charge is 2.14. The summed E-state index contributed by atoms with van der Waals surface area (Å²) >= 11 is 0. The van der Waals surface area contributed by atoms with Gasteiger partial charge in [0.05, 0.1) is 6.54 Å². The van der Waals surface area contributed by atoms with Crippen LogP contribution in [0, 0.1) is 5.92 Å². The number of hydrogen-bond acceptors (Lipinski definition) is 4. The first-order valence-corrected chi connectivity index (χ1v) is 7.66. The standard InChI is InChI=1S/C16H25N3O2/c1-19(11-14-4-8-17-9-5-14)12-16(20)18-7-2-3-15-6-10-21-13-15/h4-5,8-9,15H,2-3,6-7,10-13H2,1H3,(H,18,20)/t15-/m0/s1. The molecule has 2 rings (SSSR count). The second-order valence-electron chi connectivity index (χ2n) is 5.75. The van der Waals surface area contributed by atoms with Gasteiger partial charge in [-0.15, -0.1) is 0 Å². The number of ether oxygens (including phenoxy) is 1. The number of nitrogens with zero attached hydrogens (tertiary/aromatic N) is 2. The molecule has 0 spiro atoms. The minimum absolute atomic E-state index is 0.0919. The number of pyridine rings is 1. The molecule has 1 aliphatic heterocycles. The fourth-order valence-electron chi connectivity index (χ4n) is 2.59. The third-order valence-electron chi connectivity index (χ3n) is 3.75. The van der Waals surface area contributed by atoms with Crippen molar-refractivity contribution in [3.8, 4) is 0 Å². The lowest BCUT2D eigenvalue weighted by Crippen LogP contribution is -2.35. The summed E-state index contributed by atoms with van der Waals surface area (Å²) in [4.78, 5) is 17.8. The van der Waals surface area contributed by atoms with Crippen LogP contribution in [0.15, 0.2) is 24.5 Å². The van der Waals surface area contributed by atoms with E-state index in [1.165, 1.54) is 12.0 Å². The van der Waals surface area contributed by atoms with Crippen molar-refractivity contribution in [1.82, 2.24) is 15.2 Å². The Morgan fingerprint density at radius 1 is 1.48 bits per heavy atom. The lowest BCUT2D eigenvalue weighted by Gasteiger charge is -2.16. The second-order valence-corrected chi connectivity index (χ2v) is 5.75. The molecule has 0 saturated carbocycles. The van der Waals surface area contributed by atoms with Crippen LogP contribution in [-0.4, -0.2) is 49.1 Å². The summed E-state index contributed by atoms with van der Waals surface area (Å²) in [5.41, 5.74) is 1.17. The third kappa shape index (κ3) is 6.23. The van der Waals surface area contributed by atoms with E-state index in [1.807, 2.05) is 24.1 Å². The molecule has 0 radical (unpaired) electrons. The van der Waals surface area contributed by atoms with Gasteiger partial charge in [0.15, 0.2) is 0 Å². The van der Waals surface area contributed by atoms with Crippen LogP contribution in [0.25, 0.3) is 0 Å². The Morgan fingerprint density at radius 2 is 2.29 bits per heavy atom. The summed E-state index contributed by atoms with van der Waals surface area (Å²) in [6.45, 7) is 3.74. The lowest BCUT2D eigenvalue weighted by molar-refractivity contribution is -0.122. The minimum Gasteiger partial charge on any atom is -0.381 e. The zero-order chi connectivity index (χ0) is 14.9. The Morgan fingerprint density at radius 3 is 3.00 bits per heavy atom. The maximum atomic E-state index is 11.8. The Hall–Kier alpha value is -1.46. The SMILES string of the molecule is CN(CC(=O)NCCC[C@H]1CCOC1)Cc1ccncc1. The van der Waals surface area contributed by atoms with Gasteiger partial charge < -0.3 is 10.1 Å². The number of rotatable bonds is 8. The summed E-state index contributed by atoms with van der Waals surface area (Å²) in [6.07, 6.45) is 6.90. The van der Waals surface area contributed by atoms with Crippen molar-refractivity contribution in [2.24, 2.45) is 5.92 Å². The van der Waals surface area contributed by atoms with Gasteiger partial charge in [0.25, 0.3) is 0 Å². The average Bonchev–Trinajstić information content (AvgIpc) is 2.98. The molecule has 0 aliphatic carbocycles. The third-order valence-corrected chi connectivity index (χ3v) is 3.75. The topological polar surface area (TPSA) is 54.5 Å². The summed E-state index contributed by atoms with van der Waals surface area (Å²) < 4.78 is 5.35. The van der Waals surface area contributed by atoms with Gasteiger partial charge >= 0.3 is 0 Å². The van der Waals surface area contributed by atoms with E-state index in [1.54, 1.807) is 12.4 Å². The fourth-order valence-corrected chi connectivity index (χ4v) is 2.59. The Balaban J connectivity index is 1.56. The van der Waals surface area contributed by atoms with Crippen LogP contribution in [0.3, 0.4) is 0 Å². The molecule has 1 aromatic rings. The molecule has 1 fully saturated rings. The molecular formula is C16H25N3O2. The van der Waals surface area contributed by atoms with Crippen molar-refractivity contribution < 1.29 is 9.53 Å². The largest absolute Gasteiger partial charge is 0.381 e. The highest BCUT2D eigenvalue weighted by Crippen LogP contribution is 2.17. The van der Waals surface area contributed by atoms with E-state index in [0.29, 0.717) is 12.5 Å². The van der Waals surface area contributed by atoms with Crippen LogP contribution in [0.1, 0.15) is 24.8 Å². The smallest absolute Gasteiger partial charge is 0.234 e. The first-order chi connectivity index (χ1) is 10.2. The van der Waals surface area contributed by atoms with Gasteiger partial charge in [-0.05, 0) is 49.9 Å². The summed E-state index contributed by atoms with van der Waals surface area (Å²) in [5, 5.41) is 2.99. The van der Waals surface area contributed by atoms with Crippen molar-refractivity contribution in [1.29, 1.82) is 0 Å². The normalized spacial score (nSPS) is 18.1. The second kappa shape index (κ2) is 8.74. The number of hydrogen-bond donors (Lipinski definition) is 1.